The Hall–Kier alpha value is -1.57. The maximum absolute atomic E-state index is 12.0. The van der Waals surface area contributed by atoms with E-state index in [0.29, 0.717) is 36.5 Å². The van der Waals surface area contributed by atoms with Gasteiger partial charge in [0.1, 0.15) is 5.78 Å². The number of Topliss-reactive ketones (excluding diaryl/α,β-unsaturated/α-hetero) is 1. The highest BCUT2D eigenvalue weighted by Crippen LogP contribution is 2.29. The predicted molar refractivity (Wildman–Crippen MR) is 115 cm³/mol. The zero-order valence-electron chi connectivity index (χ0n) is 18.3. The van der Waals surface area contributed by atoms with Crippen LogP contribution in [0.3, 0.4) is 0 Å². The Morgan fingerprint density at radius 1 is 1.14 bits per heavy atom. The van der Waals surface area contributed by atoms with Gasteiger partial charge >= 0.3 is 0 Å². The number of nitrogens with one attached hydrogen (secondary N) is 1. The van der Waals surface area contributed by atoms with Crippen LogP contribution in [0.5, 0.6) is 0 Å². The summed E-state index contributed by atoms with van der Waals surface area (Å²) in [6.07, 6.45) is 6.54. The Balaban J connectivity index is 1.34. The van der Waals surface area contributed by atoms with Gasteiger partial charge < -0.3 is 4.90 Å². The summed E-state index contributed by atoms with van der Waals surface area (Å²) in [5.41, 5.74) is 1.24. The van der Waals surface area contributed by atoms with Crippen molar-refractivity contribution < 1.29 is 4.79 Å². The summed E-state index contributed by atoms with van der Waals surface area (Å²) < 4.78 is 0. The molecule has 4 rings (SSSR count). The topological polar surface area (TPSA) is 64.6 Å². The molecule has 0 radical (unpaired) electrons. The lowest BCUT2D eigenvalue weighted by Gasteiger charge is -2.42. The van der Waals surface area contributed by atoms with Gasteiger partial charge in [-0.15, -0.1) is 0 Å². The molecule has 3 saturated heterocycles. The van der Waals surface area contributed by atoms with Gasteiger partial charge in [-0.3, -0.25) is 19.9 Å². The average Bonchev–Trinajstić information content (AvgIpc) is 2.97. The van der Waals surface area contributed by atoms with Gasteiger partial charge in [-0.25, -0.2) is 9.97 Å². The maximum atomic E-state index is 12.0. The van der Waals surface area contributed by atoms with Crippen LogP contribution < -0.4 is 10.2 Å². The predicted octanol–water partition coefficient (Wildman–Crippen LogP) is 1.71. The number of aromatic nitrogens is 2. The van der Waals surface area contributed by atoms with Gasteiger partial charge in [-0.05, 0) is 51.3 Å². The fraction of sp³-hybridized carbons (Fsp3) is 0.773. The van der Waals surface area contributed by atoms with Gasteiger partial charge in [0.25, 0.3) is 0 Å². The number of anilines is 1. The van der Waals surface area contributed by atoms with Crippen LogP contribution in [0, 0.1) is 5.92 Å². The minimum atomic E-state index is 0.126. The van der Waals surface area contributed by atoms with Crippen LogP contribution in [0.15, 0.2) is 12.4 Å². The van der Waals surface area contributed by atoms with Crippen molar-refractivity contribution in [1.29, 1.82) is 0 Å². The lowest BCUT2D eigenvalue weighted by atomic mass is 9.91. The zero-order chi connectivity index (χ0) is 20.5. The molecule has 3 fully saturated rings. The molecule has 29 heavy (non-hydrogen) atoms. The molecule has 4 heterocycles. The fourth-order valence-electron chi connectivity index (χ4n) is 4.82. The second kappa shape index (κ2) is 8.66. The van der Waals surface area contributed by atoms with Crippen molar-refractivity contribution >= 4 is 11.7 Å². The molecular weight excluding hydrogens is 364 g/mol. The molecule has 1 N–H and O–H groups in total. The molecule has 2 atom stereocenters. The van der Waals surface area contributed by atoms with Crippen molar-refractivity contribution in [3.8, 4) is 0 Å². The first-order valence-electron chi connectivity index (χ1n) is 11.2. The van der Waals surface area contributed by atoms with E-state index in [1.54, 1.807) is 0 Å². The quantitative estimate of drug-likeness (QED) is 0.780. The Morgan fingerprint density at radius 3 is 2.41 bits per heavy atom. The summed E-state index contributed by atoms with van der Waals surface area (Å²) in [5, 5.41) is 3.63. The van der Waals surface area contributed by atoms with E-state index in [0.717, 1.165) is 51.5 Å². The molecule has 0 amide bonds. The van der Waals surface area contributed by atoms with Crippen molar-refractivity contribution in [3.05, 3.63) is 18.0 Å². The summed E-state index contributed by atoms with van der Waals surface area (Å²) in [4.78, 5) is 28.7. The summed E-state index contributed by atoms with van der Waals surface area (Å²) in [6.45, 7) is 14.2. The van der Waals surface area contributed by atoms with Gasteiger partial charge in [0.15, 0.2) is 0 Å². The molecule has 0 aromatic carbocycles. The van der Waals surface area contributed by atoms with Crippen molar-refractivity contribution in [1.82, 2.24) is 25.1 Å². The molecular formula is C22H36N6O. The second-order valence-electron chi connectivity index (χ2n) is 9.52. The Labute approximate surface area is 174 Å². The highest BCUT2D eigenvalue weighted by atomic mass is 16.1. The summed E-state index contributed by atoms with van der Waals surface area (Å²) in [7, 11) is 0. The Morgan fingerprint density at radius 2 is 1.83 bits per heavy atom. The van der Waals surface area contributed by atoms with Gasteiger partial charge in [-0.2, -0.15) is 0 Å². The Kier molecular flexibility index (Phi) is 6.18. The van der Waals surface area contributed by atoms with E-state index in [9.17, 15) is 4.79 Å². The zero-order valence-corrected chi connectivity index (χ0v) is 18.3. The third-order valence-corrected chi connectivity index (χ3v) is 6.87. The lowest BCUT2D eigenvalue weighted by molar-refractivity contribution is -0.123. The molecule has 7 nitrogen and oxygen atoms in total. The lowest BCUT2D eigenvalue weighted by Crippen LogP contribution is -2.57. The van der Waals surface area contributed by atoms with Crippen LogP contribution in [-0.2, 0) is 4.79 Å². The number of fused-ring (bicyclic) bond motifs is 2. The third kappa shape index (κ3) is 4.47. The van der Waals surface area contributed by atoms with Crippen LogP contribution in [0.2, 0.25) is 0 Å². The van der Waals surface area contributed by atoms with Crippen LogP contribution in [0.25, 0.3) is 0 Å². The highest BCUT2D eigenvalue weighted by Gasteiger charge is 2.41. The van der Waals surface area contributed by atoms with Crippen molar-refractivity contribution in [3.63, 3.8) is 0 Å². The summed E-state index contributed by atoms with van der Waals surface area (Å²) >= 11 is 0. The normalized spacial score (nSPS) is 26.6. The molecule has 1 aromatic rings. The van der Waals surface area contributed by atoms with Crippen LogP contribution in [-0.4, -0.2) is 83.1 Å². The summed E-state index contributed by atoms with van der Waals surface area (Å²) in [5.74, 6) is 1.83. The van der Waals surface area contributed by atoms with Gasteiger partial charge in [0.2, 0.25) is 5.95 Å². The minimum absolute atomic E-state index is 0.126. The minimum Gasteiger partial charge on any atom is -0.318 e. The average molecular weight is 401 g/mol. The van der Waals surface area contributed by atoms with Gasteiger partial charge in [-0.1, -0.05) is 13.8 Å². The van der Waals surface area contributed by atoms with E-state index in [1.807, 2.05) is 26.2 Å². The molecule has 2 unspecified atom stereocenters. The number of carbonyl (C=O) groups excluding carboxylic acids is 1. The highest BCUT2D eigenvalue weighted by molar-refractivity contribution is 5.82. The number of hydrogen-bond acceptors (Lipinski definition) is 7. The summed E-state index contributed by atoms with van der Waals surface area (Å²) in [6, 6.07) is 1.02. The molecule has 3 aliphatic heterocycles. The monoisotopic (exact) mass is 400 g/mol. The SMILES string of the molecule is CC(C)C(=O)CN1CCC(c2cnc(N3C4CNC3CN(C(C)C)C4)nc2)CC1. The van der Waals surface area contributed by atoms with Crippen LogP contribution >= 0.6 is 0 Å². The fourth-order valence-corrected chi connectivity index (χ4v) is 4.82. The van der Waals surface area contributed by atoms with Gasteiger partial charge in [0, 0.05) is 44.0 Å². The van der Waals surface area contributed by atoms with Crippen molar-refractivity contribution in [2.24, 2.45) is 5.92 Å². The van der Waals surface area contributed by atoms with Crippen molar-refractivity contribution in [2.75, 3.05) is 44.2 Å². The number of piperazine rings is 1. The standard InChI is InChI=1S/C22H36N6O/c1-15(2)20(29)13-26-7-5-17(6-8-26)18-9-24-22(25-10-18)28-19-11-23-21(28)14-27(12-19)16(3)4/h9-10,15-17,19,21,23H,5-8,11-14H2,1-4H3. The first-order valence-corrected chi connectivity index (χ1v) is 11.2. The number of nitrogens with zero attached hydrogens (tertiary/aromatic N) is 5. The van der Waals surface area contributed by atoms with E-state index >= 15 is 0 Å². The van der Waals surface area contributed by atoms with Crippen LogP contribution in [0.4, 0.5) is 5.95 Å². The molecule has 0 saturated carbocycles. The first kappa shape index (κ1) is 20.7. The smallest absolute Gasteiger partial charge is 0.226 e. The first-order chi connectivity index (χ1) is 13.9. The Bertz CT molecular complexity index is 684. The number of hydrogen-bond donors (Lipinski definition) is 1. The molecule has 0 spiro atoms. The molecule has 7 heteroatoms. The van der Waals surface area contributed by atoms with Crippen molar-refractivity contribution in [2.45, 2.75) is 64.7 Å². The third-order valence-electron chi connectivity index (χ3n) is 6.87. The largest absolute Gasteiger partial charge is 0.318 e. The molecule has 0 aliphatic carbocycles. The molecule has 3 aliphatic rings. The van der Waals surface area contributed by atoms with E-state index in [1.165, 1.54) is 5.56 Å². The van der Waals surface area contributed by atoms with E-state index in [2.05, 4.69) is 33.9 Å². The van der Waals surface area contributed by atoms with Crippen LogP contribution in [0.1, 0.15) is 52.0 Å². The van der Waals surface area contributed by atoms with E-state index in [4.69, 9.17) is 9.97 Å². The molecule has 1 aromatic heterocycles. The van der Waals surface area contributed by atoms with Gasteiger partial charge in [0.05, 0.1) is 18.8 Å². The molecule has 2 bridgehead atoms. The van der Waals surface area contributed by atoms with E-state index in [-0.39, 0.29) is 5.92 Å². The number of piperidine rings is 1. The molecule has 160 valence electrons. The number of ketones is 1. The number of rotatable bonds is 6. The van der Waals surface area contributed by atoms with E-state index < -0.39 is 0 Å². The number of carbonyl (C=O) groups is 1. The maximum Gasteiger partial charge on any atom is 0.226 e. The second-order valence-corrected chi connectivity index (χ2v) is 9.52. The number of likely N-dealkylation sites (tertiary alicyclic amines) is 1.